The third-order valence-corrected chi connectivity index (χ3v) is 7.06. The molecule has 1 fully saturated rings. The summed E-state index contributed by atoms with van der Waals surface area (Å²) in [5.74, 6) is -0.872. The molecule has 1 aliphatic heterocycles. The summed E-state index contributed by atoms with van der Waals surface area (Å²) >= 11 is 0. The average Bonchev–Trinajstić information content (AvgIpc) is 2.66. The number of aryl methyl sites for hydroxylation is 1. The summed E-state index contributed by atoms with van der Waals surface area (Å²) in [7, 11) is -3.79. The first-order valence-corrected chi connectivity index (χ1v) is 11.2. The Morgan fingerprint density at radius 1 is 1.10 bits per heavy atom. The molecule has 0 radical (unpaired) electrons. The summed E-state index contributed by atoms with van der Waals surface area (Å²) < 4.78 is 41.8. The number of piperidine rings is 1. The monoisotopic (exact) mass is 418 g/mol. The van der Waals surface area contributed by atoms with E-state index in [1.54, 1.807) is 0 Å². The second kappa shape index (κ2) is 8.63. The van der Waals surface area contributed by atoms with E-state index in [-0.39, 0.29) is 28.8 Å². The molecule has 156 valence electrons. The maximum atomic E-state index is 14.3. The Hall–Kier alpha value is -2.25. The van der Waals surface area contributed by atoms with Crippen molar-refractivity contribution in [1.82, 2.24) is 9.62 Å². The van der Waals surface area contributed by atoms with Crippen LogP contribution >= 0.6 is 0 Å². The van der Waals surface area contributed by atoms with Gasteiger partial charge < -0.3 is 5.32 Å². The van der Waals surface area contributed by atoms with E-state index in [1.807, 2.05) is 45.0 Å². The third kappa shape index (κ3) is 5.03. The molecule has 0 unspecified atom stereocenters. The normalized spacial score (nSPS) is 20.4. The molecule has 0 bridgehead atoms. The van der Waals surface area contributed by atoms with Crippen LogP contribution in [0.1, 0.15) is 41.8 Å². The maximum Gasteiger partial charge on any atom is 0.254 e. The Kier molecular flexibility index (Phi) is 6.39. The van der Waals surface area contributed by atoms with E-state index < -0.39 is 21.7 Å². The third-order valence-electron chi connectivity index (χ3n) is 5.23. The molecule has 3 rings (SSSR count). The van der Waals surface area contributed by atoms with Gasteiger partial charge in [-0.25, -0.2) is 12.8 Å². The van der Waals surface area contributed by atoms with Gasteiger partial charge in [-0.2, -0.15) is 4.31 Å². The molecule has 1 N–H and O–H groups in total. The molecule has 1 amide bonds. The quantitative estimate of drug-likeness (QED) is 0.805. The zero-order chi connectivity index (χ0) is 21.2. The van der Waals surface area contributed by atoms with Crippen LogP contribution in [0.15, 0.2) is 47.4 Å². The largest absolute Gasteiger partial charge is 0.348 e. The standard InChI is InChI=1S/C22H27FN2O3S/c1-15-4-6-18(7-5-15)12-24-22(26)20-11-19(8-9-21(20)23)29(27,28)25-13-16(2)10-17(3)14-25/h4-9,11,16-17H,10,12-14H2,1-3H3,(H,24,26)/t16-,17-/m0/s1. The molecule has 1 heterocycles. The first kappa shape index (κ1) is 21.5. The first-order chi connectivity index (χ1) is 13.7. The van der Waals surface area contributed by atoms with Gasteiger partial charge in [0, 0.05) is 19.6 Å². The topological polar surface area (TPSA) is 66.5 Å². The number of sulfonamides is 1. The molecular formula is C22H27FN2O3S. The molecule has 1 aliphatic rings. The van der Waals surface area contributed by atoms with Crippen LogP contribution in [0.2, 0.25) is 0 Å². The van der Waals surface area contributed by atoms with Gasteiger partial charge in [0.2, 0.25) is 10.0 Å². The first-order valence-electron chi connectivity index (χ1n) is 9.80. The van der Waals surface area contributed by atoms with Gasteiger partial charge in [-0.3, -0.25) is 4.79 Å². The summed E-state index contributed by atoms with van der Waals surface area (Å²) in [6, 6.07) is 11.0. The van der Waals surface area contributed by atoms with Crippen LogP contribution in [-0.2, 0) is 16.6 Å². The molecule has 0 aromatic heterocycles. The maximum absolute atomic E-state index is 14.3. The fourth-order valence-electron chi connectivity index (χ4n) is 3.77. The average molecular weight is 419 g/mol. The Labute approximate surface area is 172 Å². The summed E-state index contributed by atoms with van der Waals surface area (Å²) in [6.45, 7) is 7.10. The van der Waals surface area contributed by atoms with Crippen LogP contribution in [0.25, 0.3) is 0 Å². The Bertz CT molecular complexity index is 980. The molecule has 5 nitrogen and oxygen atoms in total. The van der Waals surface area contributed by atoms with Crippen LogP contribution < -0.4 is 5.32 Å². The van der Waals surface area contributed by atoms with Crippen molar-refractivity contribution in [2.24, 2.45) is 11.8 Å². The van der Waals surface area contributed by atoms with E-state index >= 15 is 0 Å². The number of rotatable bonds is 5. The summed E-state index contributed by atoms with van der Waals surface area (Å²) in [6.07, 6.45) is 0.974. The lowest BCUT2D eigenvalue weighted by Gasteiger charge is -2.34. The zero-order valence-electron chi connectivity index (χ0n) is 17.0. The van der Waals surface area contributed by atoms with Crippen LogP contribution in [-0.4, -0.2) is 31.7 Å². The number of nitrogens with zero attached hydrogens (tertiary/aromatic N) is 1. The molecule has 7 heteroatoms. The van der Waals surface area contributed by atoms with Gasteiger partial charge in [0.25, 0.3) is 5.91 Å². The SMILES string of the molecule is Cc1ccc(CNC(=O)c2cc(S(=O)(=O)N3C[C@@H](C)C[C@H](C)C3)ccc2F)cc1. The summed E-state index contributed by atoms with van der Waals surface area (Å²) in [4.78, 5) is 12.5. The fourth-order valence-corrected chi connectivity index (χ4v) is 5.48. The number of halogens is 1. The number of carbonyl (C=O) groups is 1. The van der Waals surface area contributed by atoms with Gasteiger partial charge in [-0.15, -0.1) is 0 Å². The molecule has 2 aromatic carbocycles. The van der Waals surface area contributed by atoms with E-state index in [0.29, 0.717) is 13.1 Å². The minimum atomic E-state index is -3.79. The smallest absolute Gasteiger partial charge is 0.254 e. The zero-order valence-corrected chi connectivity index (χ0v) is 17.8. The van der Waals surface area contributed by atoms with E-state index in [0.717, 1.165) is 29.7 Å². The highest BCUT2D eigenvalue weighted by atomic mass is 32.2. The van der Waals surface area contributed by atoms with Crippen molar-refractivity contribution in [2.75, 3.05) is 13.1 Å². The minimum absolute atomic E-state index is 0.0549. The molecule has 2 aromatic rings. The van der Waals surface area contributed by atoms with Crippen LogP contribution in [0.4, 0.5) is 4.39 Å². The number of hydrogen-bond donors (Lipinski definition) is 1. The lowest BCUT2D eigenvalue weighted by Crippen LogP contribution is -2.42. The molecular weight excluding hydrogens is 391 g/mol. The van der Waals surface area contributed by atoms with Crippen molar-refractivity contribution >= 4 is 15.9 Å². The second-order valence-electron chi connectivity index (χ2n) is 8.08. The number of nitrogens with one attached hydrogen (secondary N) is 1. The van der Waals surface area contributed by atoms with Gasteiger partial charge in [0.05, 0.1) is 10.5 Å². The molecule has 2 atom stereocenters. The summed E-state index contributed by atoms with van der Waals surface area (Å²) in [5.41, 5.74) is 1.71. The predicted octanol–water partition coefficient (Wildman–Crippen LogP) is 3.73. The highest BCUT2D eigenvalue weighted by Crippen LogP contribution is 2.27. The van der Waals surface area contributed by atoms with Crippen LogP contribution in [0.5, 0.6) is 0 Å². The van der Waals surface area contributed by atoms with Crippen molar-refractivity contribution in [3.05, 3.63) is 65.0 Å². The predicted molar refractivity (Wildman–Crippen MR) is 110 cm³/mol. The van der Waals surface area contributed by atoms with Gasteiger partial charge in [0.15, 0.2) is 0 Å². The van der Waals surface area contributed by atoms with E-state index in [2.05, 4.69) is 5.32 Å². The lowest BCUT2D eigenvalue weighted by molar-refractivity contribution is 0.0946. The number of carbonyl (C=O) groups excluding carboxylic acids is 1. The second-order valence-corrected chi connectivity index (χ2v) is 10.0. The lowest BCUT2D eigenvalue weighted by atomic mass is 9.94. The van der Waals surface area contributed by atoms with Crippen molar-refractivity contribution in [2.45, 2.75) is 38.6 Å². The highest BCUT2D eigenvalue weighted by Gasteiger charge is 2.32. The van der Waals surface area contributed by atoms with Gasteiger partial charge >= 0.3 is 0 Å². The number of hydrogen-bond acceptors (Lipinski definition) is 3. The molecule has 29 heavy (non-hydrogen) atoms. The number of amides is 1. The van der Waals surface area contributed by atoms with Crippen molar-refractivity contribution in [1.29, 1.82) is 0 Å². The molecule has 0 spiro atoms. The number of benzene rings is 2. The van der Waals surface area contributed by atoms with Gasteiger partial charge in [-0.05, 0) is 48.9 Å². The minimum Gasteiger partial charge on any atom is -0.348 e. The van der Waals surface area contributed by atoms with Crippen LogP contribution in [0, 0.1) is 24.6 Å². The Morgan fingerprint density at radius 2 is 1.72 bits per heavy atom. The van der Waals surface area contributed by atoms with Gasteiger partial charge in [-0.1, -0.05) is 43.7 Å². The Morgan fingerprint density at radius 3 is 2.34 bits per heavy atom. The van der Waals surface area contributed by atoms with Crippen LogP contribution in [0.3, 0.4) is 0 Å². The van der Waals surface area contributed by atoms with E-state index in [9.17, 15) is 17.6 Å². The fraction of sp³-hybridized carbons (Fsp3) is 0.409. The molecule has 0 saturated carbocycles. The highest BCUT2D eigenvalue weighted by molar-refractivity contribution is 7.89. The Balaban J connectivity index is 1.79. The molecule has 0 aliphatic carbocycles. The van der Waals surface area contributed by atoms with E-state index in [1.165, 1.54) is 10.4 Å². The van der Waals surface area contributed by atoms with Gasteiger partial charge in [0.1, 0.15) is 5.82 Å². The summed E-state index contributed by atoms with van der Waals surface area (Å²) in [5, 5.41) is 2.66. The molecule has 1 saturated heterocycles. The van der Waals surface area contributed by atoms with Crippen molar-refractivity contribution in [3.63, 3.8) is 0 Å². The van der Waals surface area contributed by atoms with Crippen molar-refractivity contribution in [3.8, 4) is 0 Å². The van der Waals surface area contributed by atoms with Crippen molar-refractivity contribution < 1.29 is 17.6 Å². The van der Waals surface area contributed by atoms with E-state index in [4.69, 9.17) is 0 Å².